The van der Waals surface area contributed by atoms with Crippen LogP contribution in [0.3, 0.4) is 0 Å². The zero-order chi connectivity index (χ0) is 14.1. The van der Waals surface area contributed by atoms with E-state index in [4.69, 9.17) is 9.73 Å². The maximum absolute atomic E-state index is 9.41. The van der Waals surface area contributed by atoms with E-state index in [0.717, 1.165) is 58.2 Å². The minimum atomic E-state index is 0. The number of aliphatic hydroxyl groups excluding tert-OH is 1. The Balaban J connectivity index is 0.00000161. The number of hydrogen-bond donors (Lipinski definition) is 2. The molecule has 3 aliphatic rings. The van der Waals surface area contributed by atoms with Crippen LogP contribution in [0.1, 0.15) is 32.6 Å². The number of aliphatic hydroxyl groups is 1. The topological polar surface area (TPSA) is 57.1 Å². The quantitative estimate of drug-likeness (QED) is 0.420. The molecule has 0 bridgehead atoms. The van der Waals surface area contributed by atoms with Gasteiger partial charge in [-0.3, -0.25) is 4.99 Å². The number of ether oxygens (including phenoxy) is 1. The SMILES string of the molecule is CCNC(=NCC1(CO)CC1)N1CCC2(CCOC2)C1.I. The summed E-state index contributed by atoms with van der Waals surface area (Å²) in [7, 11) is 0. The molecule has 5 nitrogen and oxygen atoms in total. The number of likely N-dealkylation sites (tertiary alicyclic amines) is 1. The molecule has 21 heavy (non-hydrogen) atoms. The van der Waals surface area contributed by atoms with Gasteiger partial charge in [-0.05, 0) is 32.6 Å². The van der Waals surface area contributed by atoms with Gasteiger partial charge in [-0.25, -0.2) is 0 Å². The Labute approximate surface area is 144 Å². The third kappa shape index (κ3) is 3.82. The van der Waals surface area contributed by atoms with Crippen LogP contribution < -0.4 is 5.32 Å². The van der Waals surface area contributed by atoms with Crippen molar-refractivity contribution < 1.29 is 9.84 Å². The predicted molar refractivity (Wildman–Crippen MR) is 94.2 cm³/mol. The molecule has 0 aromatic carbocycles. The van der Waals surface area contributed by atoms with Gasteiger partial charge < -0.3 is 20.1 Å². The van der Waals surface area contributed by atoms with Crippen LogP contribution in [-0.4, -0.2) is 62.0 Å². The number of nitrogens with one attached hydrogen (secondary N) is 1. The van der Waals surface area contributed by atoms with Crippen LogP contribution in [0.2, 0.25) is 0 Å². The van der Waals surface area contributed by atoms with Crippen molar-refractivity contribution in [2.45, 2.75) is 32.6 Å². The summed E-state index contributed by atoms with van der Waals surface area (Å²) in [6.45, 7) is 7.98. The Bertz CT molecular complexity index is 379. The third-order valence-electron chi connectivity index (χ3n) is 5.11. The highest BCUT2D eigenvalue weighted by molar-refractivity contribution is 14.0. The molecule has 3 fully saturated rings. The highest BCUT2D eigenvalue weighted by atomic mass is 127. The van der Waals surface area contributed by atoms with E-state index in [9.17, 15) is 5.11 Å². The second-order valence-corrected chi connectivity index (χ2v) is 6.80. The van der Waals surface area contributed by atoms with Gasteiger partial charge in [-0.1, -0.05) is 0 Å². The second kappa shape index (κ2) is 7.00. The molecule has 2 aliphatic heterocycles. The molecule has 2 saturated heterocycles. The molecular formula is C15H28IN3O2. The number of aliphatic imine (C=N–C) groups is 1. The largest absolute Gasteiger partial charge is 0.396 e. The van der Waals surface area contributed by atoms with Crippen LogP contribution in [0.15, 0.2) is 4.99 Å². The average molecular weight is 409 g/mol. The lowest BCUT2D eigenvalue weighted by molar-refractivity contribution is 0.156. The summed E-state index contributed by atoms with van der Waals surface area (Å²) in [6, 6.07) is 0. The normalized spacial score (nSPS) is 30.6. The van der Waals surface area contributed by atoms with E-state index in [-0.39, 0.29) is 36.0 Å². The molecule has 0 aromatic rings. The first-order valence-electron chi connectivity index (χ1n) is 7.93. The fourth-order valence-electron chi connectivity index (χ4n) is 3.30. The van der Waals surface area contributed by atoms with Crippen LogP contribution in [0.5, 0.6) is 0 Å². The molecule has 6 heteroatoms. The smallest absolute Gasteiger partial charge is 0.193 e. The molecule has 1 saturated carbocycles. The van der Waals surface area contributed by atoms with E-state index >= 15 is 0 Å². The fourth-order valence-corrected chi connectivity index (χ4v) is 3.30. The maximum Gasteiger partial charge on any atom is 0.193 e. The minimum absolute atomic E-state index is 0. The number of hydrogen-bond acceptors (Lipinski definition) is 3. The summed E-state index contributed by atoms with van der Waals surface area (Å²) < 4.78 is 5.59. The first kappa shape index (κ1) is 17.3. The molecule has 2 heterocycles. The molecule has 0 amide bonds. The first-order chi connectivity index (χ1) is 9.71. The number of halogens is 1. The van der Waals surface area contributed by atoms with E-state index < -0.39 is 0 Å². The highest BCUT2D eigenvalue weighted by Gasteiger charge is 2.44. The molecule has 1 unspecified atom stereocenters. The summed E-state index contributed by atoms with van der Waals surface area (Å²) in [6.07, 6.45) is 4.63. The molecule has 1 aliphatic carbocycles. The van der Waals surface area contributed by atoms with Gasteiger partial charge in [0.25, 0.3) is 0 Å². The molecule has 2 N–H and O–H groups in total. The lowest BCUT2D eigenvalue weighted by Gasteiger charge is -2.25. The Morgan fingerprint density at radius 2 is 2.14 bits per heavy atom. The van der Waals surface area contributed by atoms with Gasteiger partial charge in [-0.2, -0.15) is 0 Å². The third-order valence-corrected chi connectivity index (χ3v) is 5.11. The van der Waals surface area contributed by atoms with Crippen molar-refractivity contribution in [1.29, 1.82) is 0 Å². The van der Waals surface area contributed by atoms with Gasteiger partial charge >= 0.3 is 0 Å². The van der Waals surface area contributed by atoms with Gasteiger partial charge in [-0.15, -0.1) is 24.0 Å². The second-order valence-electron chi connectivity index (χ2n) is 6.80. The molecule has 0 aromatic heterocycles. The zero-order valence-corrected chi connectivity index (χ0v) is 15.3. The summed E-state index contributed by atoms with van der Waals surface area (Å²) in [4.78, 5) is 7.17. The van der Waals surface area contributed by atoms with Gasteiger partial charge in [0.1, 0.15) is 0 Å². The molecule has 0 radical (unpaired) electrons. The number of nitrogens with zero attached hydrogens (tertiary/aromatic N) is 2. The minimum Gasteiger partial charge on any atom is -0.396 e. The van der Waals surface area contributed by atoms with Gasteiger partial charge in [0.15, 0.2) is 5.96 Å². The summed E-state index contributed by atoms with van der Waals surface area (Å²) in [5, 5.41) is 12.8. The van der Waals surface area contributed by atoms with E-state index in [0.29, 0.717) is 5.41 Å². The Hall–Kier alpha value is -0.0800. The lowest BCUT2D eigenvalue weighted by atomic mass is 9.87. The molecule has 122 valence electrons. The van der Waals surface area contributed by atoms with Crippen molar-refractivity contribution in [3.8, 4) is 0 Å². The highest BCUT2D eigenvalue weighted by Crippen LogP contribution is 2.45. The van der Waals surface area contributed by atoms with Crippen LogP contribution in [0, 0.1) is 10.8 Å². The van der Waals surface area contributed by atoms with Crippen LogP contribution in [0.25, 0.3) is 0 Å². The van der Waals surface area contributed by atoms with E-state index in [2.05, 4.69) is 17.1 Å². The lowest BCUT2D eigenvalue weighted by Crippen LogP contribution is -2.42. The van der Waals surface area contributed by atoms with E-state index in [1.165, 1.54) is 12.8 Å². The van der Waals surface area contributed by atoms with Crippen molar-refractivity contribution in [1.82, 2.24) is 10.2 Å². The van der Waals surface area contributed by atoms with Gasteiger partial charge in [0.2, 0.25) is 0 Å². The van der Waals surface area contributed by atoms with Crippen molar-refractivity contribution >= 4 is 29.9 Å². The Morgan fingerprint density at radius 3 is 2.71 bits per heavy atom. The Kier molecular flexibility index (Phi) is 5.76. The van der Waals surface area contributed by atoms with E-state index in [1.54, 1.807) is 0 Å². The summed E-state index contributed by atoms with van der Waals surface area (Å²) >= 11 is 0. The maximum atomic E-state index is 9.41. The summed E-state index contributed by atoms with van der Waals surface area (Å²) in [5.74, 6) is 1.02. The molecule has 1 spiro atoms. The Morgan fingerprint density at radius 1 is 1.33 bits per heavy atom. The van der Waals surface area contributed by atoms with Crippen LogP contribution >= 0.6 is 24.0 Å². The standard InChI is InChI=1S/C15H27N3O2.HI/c1-2-16-13(17-9-14(11-19)3-4-14)18-7-5-15(10-18)6-8-20-12-15;/h19H,2-12H2,1H3,(H,16,17);1H. The van der Waals surface area contributed by atoms with Crippen molar-refractivity contribution in [3.63, 3.8) is 0 Å². The zero-order valence-electron chi connectivity index (χ0n) is 12.9. The molecular weight excluding hydrogens is 381 g/mol. The van der Waals surface area contributed by atoms with E-state index in [1.807, 2.05) is 0 Å². The monoisotopic (exact) mass is 409 g/mol. The van der Waals surface area contributed by atoms with Gasteiger partial charge in [0, 0.05) is 37.1 Å². The fraction of sp³-hybridized carbons (Fsp3) is 0.933. The van der Waals surface area contributed by atoms with Crippen molar-refractivity contribution in [2.24, 2.45) is 15.8 Å². The molecule has 3 rings (SSSR count). The first-order valence-corrected chi connectivity index (χ1v) is 7.93. The van der Waals surface area contributed by atoms with Crippen molar-refractivity contribution in [2.75, 3.05) is 46.0 Å². The summed E-state index contributed by atoms with van der Waals surface area (Å²) in [5.41, 5.74) is 0.457. The van der Waals surface area contributed by atoms with Crippen LogP contribution in [-0.2, 0) is 4.74 Å². The van der Waals surface area contributed by atoms with Gasteiger partial charge in [0.05, 0.1) is 19.8 Å². The van der Waals surface area contributed by atoms with Crippen molar-refractivity contribution in [3.05, 3.63) is 0 Å². The van der Waals surface area contributed by atoms with Crippen LogP contribution in [0.4, 0.5) is 0 Å². The predicted octanol–water partition coefficient (Wildman–Crippen LogP) is 1.45. The number of rotatable bonds is 4. The average Bonchev–Trinajstić information content (AvgIpc) is 2.92. The number of guanidine groups is 1. The molecule has 1 atom stereocenters.